The van der Waals surface area contributed by atoms with Gasteiger partial charge in [-0.15, -0.1) is 0 Å². The molecule has 1 aliphatic heterocycles. The van der Waals surface area contributed by atoms with E-state index in [4.69, 9.17) is 4.74 Å². The number of amides is 1. The van der Waals surface area contributed by atoms with Gasteiger partial charge in [0.2, 0.25) is 0 Å². The van der Waals surface area contributed by atoms with Crippen molar-refractivity contribution in [2.45, 2.75) is 64.3 Å². The van der Waals surface area contributed by atoms with Gasteiger partial charge in [-0.25, -0.2) is 4.79 Å². The van der Waals surface area contributed by atoms with Crippen LogP contribution >= 0.6 is 0 Å². The van der Waals surface area contributed by atoms with Crippen LogP contribution in [0.25, 0.3) is 11.1 Å². The highest BCUT2D eigenvalue weighted by Crippen LogP contribution is 2.39. The third kappa shape index (κ3) is 6.28. The summed E-state index contributed by atoms with van der Waals surface area (Å²) in [6.07, 6.45) is -2.29. The van der Waals surface area contributed by atoms with Gasteiger partial charge >= 0.3 is 12.3 Å². The van der Waals surface area contributed by atoms with E-state index >= 15 is 0 Å². The van der Waals surface area contributed by atoms with Crippen LogP contribution in [-0.2, 0) is 16.8 Å². The molecule has 4 nitrogen and oxygen atoms in total. The molecule has 1 fully saturated rings. The minimum absolute atomic E-state index is 0.195. The number of carbonyl (C=O) groups is 1. The fourth-order valence-electron chi connectivity index (χ4n) is 4.09. The summed E-state index contributed by atoms with van der Waals surface area (Å²) in [7, 11) is 0. The lowest BCUT2D eigenvalue weighted by atomic mass is 9.89. The Morgan fingerprint density at radius 1 is 1.06 bits per heavy atom. The zero-order valence-electron chi connectivity index (χ0n) is 19.6. The van der Waals surface area contributed by atoms with E-state index in [1.165, 1.54) is 12.1 Å². The van der Waals surface area contributed by atoms with E-state index in [9.17, 15) is 23.1 Å². The molecule has 0 aliphatic carbocycles. The third-order valence-electron chi connectivity index (χ3n) is 5.95. The van der Waals surface area contributed by atoms with Crippen molar-refractivity contribution in [3.05, 3.63) is 59.7 Å². The second kappa shape index (κ2) is 9.37. The van der Waals surface area contributed by atoms with Crippen LogP contribution in [0, 0.1) is 5.92 Å². The topological polar surface area (TPSA) is 49.8 Å². The van der Waals surface area contributed by atoms with Crippen molar-refractivity contribution < 1.29 is 27.8 Å². The second-order valence-corrected chi connectivity index (χ2v) is 9.99. The van der Waals surface area contributed by atoms with Crippen LogP contribution in [0.3, 0.4) is 0 Å². The van der Waals surface area contributed by atoms with Crippen molar-refractivity contribution in [3.8, 4) is 11.1 Å². The summed E-state index contributed by atoms with van der Waals surface area (Å²) in [5.74, 6) is 0.311. The normalized spacial score (nSPS) is 19.2. The zero-order chi connectivity index (χ0) is 24.4. The summed E-state index contributed by atoms with van der Waals surface area (Å²) in [5, 5.41) is 9.87. The highest BCUT2D eigenvalue weighted by Gasteiger charge is 2.51. The van der Waals surface area contributed by atoms with E-state index in [-0.39, 0.29) is 11.7 Å². The largest absolute Gasteiger partial charge is 0.444 e. The van der Waals surface area contributed by atoms with Crippen LogP contribution in [-0.4, -0.2) is 41.0 Å². The first-order chi connectivity index (χ1) is 15.3. The lowest BCUT2D eigenvalue weighted by Crippen LogP contribution is -2.43. The summed E-state index contributed by atoms with van der Waals surface area (Å²) < 4.78 is 44.8. The Bertz CT molecular complexity index is 962. The number of hydrogen-bond acceptors (Lipinski definition) is 3. The minimum atomic E-state index is -4.75. The van der Waals surface area contributed by atoms with Crippen LogP contribution in [0.2, 0.25) is 0 Å². The first-order valence-electron chi connectivity index (χ1n) is 11.2. The van der Waals surface area contributed by atoms with Gasteiger partial charge in [-0.2, -0.15) is 13.2 Å². The van der Waals surface area contributed by atoms with E-state index in [2.05, 4.69) is 0 Å². The Balaban J connectivity index is 1.69. The SMILES string of the molecule is CC(C)(C)OC(=O)N1CCCC(Cc2cccc(-c3ccc(C(C)(O)C(F)(F)F)cc3)c2)C1. The van der Waals surface area contributed by atoms with Crippen LogP contribution < -0.4 is 0 Å². The average molecular weight is 464 g/mol. The number of nitrogens with zero attached hydrogens (tertiary/aromatic N) is 1. The molecule has 2 atom stereocenters. The third-order valence-corrected chi connectivity index (χ3v) is 5.95. The summed E-state index contributed by atoms with van der Waals surface area (Å²) in [6.45, 7) is 7.66. The van der Waals surface area contributed by atoms with Crippen molar-refractivity contribution in [3.63, 3.8) is 0 Å². The van der Waals surface area contributed by atoms with Crippen molar-refractivity contribution in [2.24, 2.45) is 5.92 Å². The number of alkyl halides is 3. The molecular formula is C26H32F3NO3. The molecule has 1 amide bonds. The standard InChI is InChI=1S/C26H32F3NO3/c1-24(2,3)33-23(31)30-14-6-8-19(17-30)15-18-7-5-9-21(16-18)20-10-12-22(13-11-20)25(4,32)26(27,28)29/h5,7,9-13,16,19,32H,6,8,14-15,17H2,1-4H3. The zero-order valence-corrected chi connectivity index (χ0v) is 19.6. The molecular weight excluding hydrogens is 431 g/mol. The molecule has 1 N–H and O–H groups in total. The van der Waals surface area contributed by atoms with Gasteiger partial charge in [-0.3, -0.25) is 0 Å². The molecule has 2 aromatic rings. The molecule has 0 spiro atoms. The Hall–Kier alpha value is -2.54. The summed E-state index contributed by atoms with van der Waals surface area (Å²) in [4.78, 5) is 14.2. The first-order valence-corrected chi connectivity index (χ1v) is 11.2. The lowest BCUT2D eigenvalue weighted by Gasteiger charge is -2.34. The van der Waals surface area contributed by atoms with Gasteiger partial charge in [-0.1, -0.05) is 48.5 Å². The Kier molecular flexibility index (Phi) is 7.13. The van der Waals surface area contributed by atoms with Gasteiger partial charge in [0.25, 0.3) is 0 Å². The Labute approximate surface area is 193 Å². The number of hydrogen-bond donors (Lipinski definition) is 1. The van der Waals surface area contributed by atoms with E-state index in [1.54, 1.807) is 17.0 Å². The van der Waals surface area contributed by atoms with Crippen molar-refractivity contribution in [2.75, 3.05) is 13.1 Å². The number of aliphatic hydroxyl groups is 1. The van der Waals surface area contributed by atoms with Gasteiger partial charge < -0.3 is 14.7 Å². The summed E-state index contributed by atoms with van der Waals surface area (Å²) >= 11 is 0. The first kappa shape index (κ1) is 25.1. The molecule has 7 heteroatoms. The van der Waals surface area contributed by atoms with Crippen molar-refractivity contribution >= 4 is 6.09 Å². The van der Waals surface area contributed by atoms with Gasteiger partial charge in [0, 0.05) is 13.1 Å². The second-order valence-electron chi connectivity index (χ2n) is 9.99. The molecule has 180 valence electrons. The number of benzene rings is 2. The van der Waals surface area contributed by atoms with Gasteiger partial charge in [0.05, 0.1) is 0 Å². The number of likely N-dealkylation sites (tertiary alicyclic amines) is 1. The maximum atomic E-state index is 13.1. The maximum Gasteiger partial charge on any atom is 0.421 e. The molecule has 3 rings (SSSR count). The van der Waals surface area contributed by atoms with Gasteiger partial charge in [0.1, 0.15) is 5.60 Å². The van der Waals surface area contributed by atoms with Gasteiger partial charge in [0.15, 0.2) is 5.60 Å². The molecule has 1 saturated heterocycles. The highest BCUT2D eigenvalue weighted by atomic mass is 19.4. The summed E-state index contributed by atoms with van der Waals surface area (Å²) in [5.41, 5.74) is -0.840. The van der Waals surface area contributed by atoms with E-state index in [1.807, 2.05) is 45.0 Å². The average Bonchev–Trinajstić information content (AvgIpc) is 2.72. The molecule has 1 aliphatic rings. The quantitative estimate of drug-likeness (QED) is 0.578. The lowest BCUT2D eigenvalue weighted by molar-refractivity contribution is -0.258. The molecule has 0 radical (unpaired) electrons. The fourth-order valence-corrected chi connectivity index (χ4v) is 4.09. The number of halogens is 3. The molecule has 2 unspecified atom stereocenters. The molecule has 0 aromatic heterocycles. The van der Waals surface area contributed by atoms with E-state index in [0.29, 0.717) is 19.0 Å². The predicted molar refractivity (Wildman–Crippen MR) is 122 cm³/mol. The van der Waals surface area contributed by atoms with E-state index < -0.39 is 17.4 Å². The fraction of sp³-hybridized carbons (Fsp3) is 0.500. The minimum Gasteiger partial charge on any atom is -0.444 e. The van der Waals surface area contributed by atoms with Crippen LogP contribution in [0.4, 0.5) is 18.0 Å². The summed E-state index contributed by atoms with van der Waals surface area (Å²) in [6, 6.07) is 13.7. The van der Waals surface area contributed by atoms with Crippen LogP contribution in [0.1, 0.15) is 51.7 Å². The molecule has 1 heterocycles. The Morgan fingerprint density at radius 2 is 1.73 bits per heavy atom. The molecule has 2 aromatic carbocycles. The molecule has 33 heavy (non-hydrogen) atoms. The number of carbonyl (C=O) groups excluding carboxylic acids is 1. The van der Waals surface area contributed by atoms with Crippen LogP contribution in [0.15, 0.2) is 48.5 Å². The number of rotatable bonds is 4. The molecule has 0 bridgehead atoms. The number of ether oxygens (including phenoxy) is 1. The predicted octanol–water partition coefficient (Wildman–Crippen LogP) is 6.31. The smallest absolute Gasteiger partial charge is 0.421 e. The van der Waals surface area contributed by atoms with Gasteiger partial charge in [-0.05, 0) is 75.1 Å². The number of piperidine rings is 1. The monoisotopic (exact) mass is 463 g/mol. The van der Waals surface area contributed by atoms with E-state index in [0.717, 1.165) is 42.9 Å². The highest BCUT2D eigenvalue weighted by molar-refractivity contribution is 5.68. The van der Waals surface area contributed by atoms with Crippen molar-refractivity contribution in [1.82, 2.24) is 4.90 Å². The molecule has 0 saturated carbocycles. The van der Waals surface area contributed by atoms with Crippen LogP contribution in [0.5, 0.6) is 0 Å². The maximum absolute atomic E-state index is 13.1. The van der Waals surface area contributed by atoms with Crippen molar-refractivity contribution in [1.29, 1.82) is 0 Å². The Morgan fingerprint density at radius 3 is 2.33 bits per heavy atom.